The largest absolute Gasteiger partial charge is 0.306 e. The fraction of sp³-hybridized carbons (Fsp3) is 0.909. The number of rotatable bonds is 3. The van der Waals surface area contributed by atoms with Crippen LogP contribution in [-0.2, 0) is 4.79 Å². The van der Waals surface area contributed by atoms with Gasteiger partial charge in [0, 0.05) is 6.04 Å². The Labute approximate surface area is 87.1 Å². The van der Waals surface area contributed by atoms with Gasteiger partial charge >= 0.3 is 0 Å². The number of carbonyl (C=O) groups is 1. The normalized spacial score (nSPS) is 22.6. The molecule has 0 aliphatic carbocycles. The van der Waals surface area contributed by atoms with Gasteiger partial charge < -0.3 is 4.90 Å². The lowest BCUT2D eigenvalue weighted by atomic mass is 10.0. The highest BCUT2D eigenvalue weighted by Crippen LogP contribution is 2.16. The number of nitrogens with zero attached hydrogens (tertiary/aromatic N) is 2. The van der Waals surface area contributed by atoms with Crippen molar-refractivity contribution in [3.63, 3.8) is 0 Å². The fourth-order valence-electron chi connectivity index (χ4n) is 2.01. The highest BCUT2D eigenvalue weighted by Gasteiger charge is 2.25. The molecule has 1 aliphatic rings. The summed E-state index contributed by atoms with van der Waals surface area (Å²) in [5.41, 5.74) is 0. The van der Waals surface area contributed by atoms with Crippen LogP contribution in [-0.4, -0.2) is 54.9 Å². The van der Waals surface area contributed by atoms with E-state index in [0.717, 1.165) is 13.1 Å². The van der Waals surface area contributed by atoms with Crippen molar-refractivity contribution >= 4 is 5.78 Å². The minimum Gasteiger partial charge on any atom is -0.306 e. The molecule has 3 heteroatoms. The van der Waals surface area contributed by atoms with E-state index < -0.39 is 0 Å². The Kier molecular flexibility index (Phi) is 4.08. The molecule has 0 saturated carbocycles. The molecular weight excluding hydrogens is 176 g/mol. The third kappa shape index (κ3) is 2.79. The van der Waals surface area contributed by atoms with Crippen molar-refractivity contribution in [2.45, 2.75) is 38.8 Å². The lowest BCUT2D eigenvalue weighted by Gasteiger charge is -2.37. The second kappa shape index (κ2) is 4.89. The van der Waals surface area contributed by atoms with Crippen LogP contribution >= 0.6 is 0 Å². The summed E-state index contributed by atoms with van der Waals surface area (Å²) in [5, 5.41) is 0. The zero-order chi connectivity index (χ0) is 10.7. The van der Waals surface area contributed by atoms with Gasteiger partial charge in [-0.05, 0) is 53.9 Å². The van der Waals surface area contributed by atoms with E-state index in [1.54, 1.807) is 6.92 Å². The molecule has 14 heavy (non-hydrogen) atoms. The van der Waals surface area contributed by atoms with Gasteiger partial charge in [0.25, 0.3) is 0 Å². The fourth-order valence-corrected chi connectivity index (χ4v) is 2.01. The molecule has 1 heterocycles. The molecule has 0 aromatic heterocycles. The third-order valence-electron chi connectivity index (χ3n) is 3.46. The monoisotopic (exact) mass is 198 g/mol. The summed E-state index contributed by atoms with van der Waals surface area (Å²) >= 11 is 0. The van der Waals surface area contributed by atoms with E-state index in [9.17, 15) is 4.79 Å². The zero-order valence-corrected chi connectivity index (χ0v) is 9.79. The van der Waals surface area contributed by atoms with Crippen LogP contribution in [0.4, 0.5) is 0 Å². The molecule has 0 spiro atoms. The molecule has 82 valence electrons. The molecule has 1 rings (SSSR count). The van der Waals surface area contributed by atoms with Gasteiger partial charge in [0.2, 0.25) is 0 Å². The Morgan fingerprint density at radius 1 is 1.43 bits per heavy atom. The number of likely N-dealkylation sites (N-methyl/N-ethyl adjacent to an activating group) is 1. The van der Waals surface area contributed by atoms with Crippen molar-refractivity contribution in [3.8, 4) is 0 Å². The van der Waals surface area contributed by atoms with Crippen LogP contribution in [0.1, 0.15) is 26.7 Å². The second-order valence-corrected chi connectivity index (χ2v) is 4.49. The predicted octanol–water partition coefficient (Wildman–Crippen LogP) is 0.990. The summed E-state index contributed by atoms with van der Waals surface area (Å²) in [6.07, 6.45) is 2.37. The Balaban J connectivity index is 2.45. The highest BCUT2D eigenvalue weighted by atomic mass is 16.1. The van der Waals surface area contributed by atoms with E-state index in [-0.39, 0.29) is 11.8 Å². The quantitative estimate of drug-likeness (QED) is 0.675. The Hall–Kier alpha value is -0.410. The van der Waals surface area contributed by atoms with E-state index in [4.69, 9.17) is 0 Å². The maximum atomic E-state index is 11.2. The summed E-state index contributed by atoms with van der Waals surface area (Å²) in [6, 6.07) is 0.661. The molecule has 0 N–H and O–H groups in total. The number of likely N-dealkylation sites (tertiary alicyclic amines) is 1. The number of ketones is 1. The van der Waals surface area contributed by atoms with E-state index in [1.165, 1.54) is 12.8 Å². The average molecular weight is 198 g/mol. The lowest BCUT2D eigenvalue weighted by molar-refractivity contribution is -0.122. The van der Waals surface area contributed by atoms with E-state index in [0.29, 0.717) is 6.04 Å². The summed E-state index contributed by atoms with van der Waals surface area (Å²) in [6.45, 7) is 5.98. The van der Waals surface area contributed by atoms with Crippen molar-refractivity contribution in [2.24, 2.45) is 0 Å². The second-order valence-electron chi connectivity index (χ2n) is 4.49. The number of Topliss-reactive ketones (excluding diaryl/α,β-unsaturated/α-hetero) is 1. The molecule has 0 aromatic carbocycles. The van der Waals surface area contributed by atoms with Crippen LogP contribution in [0.3, 0.4) is 0 Å². The molecule has 0 radical (unpaired) electrons. The molecule has 1 atom stereocenters. The van der Waals surface area contributed by atoms with Crippen LogP contribution < -0.4 is 0 Å². The van der Waals surface area contributed by atoms with Crippen molar-refractivity contribution in [3.05, 3.63) is 0 Å². The summed E-state index contributed by atoms with van der Waals surface area (Å²) in [5.74, 6) is 0.270. The molecule has 0 amide bonds. The molecule has 1 fully saturated rings. The van der Waals surface area contributed by atoms with E-state index >= 15 is 0 Å². The number of hydrogen-bond acceptors (Lipinski definition) is 3. The molecule has 1 saturated heterocycles. The number of carbonyl (C=O) groups excluding carboxylic acids is 1. The van der Waals surface area contributed by atoms with Crippen LogP contribution in [0.5, 0.6) is 0 Å². The maximum Gasteiger partial charge on any atom is 0.146 e. The van der Waals surface area contributed by atoms with Crippen LogP contribution in [0, 0.1) is 0 Å². The van der Waals surface area contributed by atoms with Crippen molar-refractivity contribution in [1.29, 1.82) is 0 Å². The lowest BCUT2D eigenvalue weighted by Crippen LogP contribution is -2.47. The first-order valence-corrected chi connectivity index (χ1v) is 5.43. The third-order valence-corrected chi connectivity index (χ3v) is 3.46. The molecular formula is C11H22N2O. The van der Waals surface area contributed by atoms with Gasteiger partial charge in [0.15, 0.2) is 0 Å². The SMILES string of the molecule is CC(=O)C(C)N(C)C1CCN(C)CC1. The minimum atomic E-state index is 0.0726. The zero-order valence-electron chi connectivity index (χ0n) is 9.79. The first-order valence-electron chi connectivity index (χ1n) is 5.43. The summed E-state index contributed by atoms with van der Waals surface area (Å²) in [4.78, 5) is 15.8. The Morgan fingerprint density at radius 2 is 1.93 bits per heavy atom. The molecule has 1 aliphatic heterocycles. The van der Waals surface area contributed by atoms with Crippen LogP contribution in [0.2, 0.25) is 0 Å². The molecule has 3 nitrogen and oxygen atoms in total. The molecule has 0 aromatic rings. The number of hydrogen-bond donors (Lipinski definition) is 0. The predicted molar refractivity (Wildman–Crippen MR) is 58.4 cm³/mol. The Morgan fingerprint density at radius 3 is 2.36 bits per heavy atom. The first kappa shape index (κ1) is 11.7. The van der Waals surface area contributed by atoms with E-state index in [2.05, 4.69) is 23.9 Å². The first-order chi connectivity index (χ1) is 6.52. The topological polar surface area (TPSA) is 23.6 Å². The van der Waals surface area contributed by atoms with Gasteiger partial charge in [-0.15, -0.1) is 0 Å². The van der Waals surface area contributed by atoms with Crippen molar-refractivity contribution in [2.75, 3.05) is 27.2 Å². The smallest absolute Gasteiger partial charge is 0.146 e. The van der Waals surface area contributed by atoms with Crippen LogP contribution in [0.25, 0.3) is 0 Å². The van der Waals surface area contributed by atoms with Crippen molar-refractivity contribution in [1.82, 2.24) is 9.80 Å². The number of piperidine rings is 1. The van der Waals surface area contributed by atoms with E-state index in [1.807, 2.05) is 6.92 Å². The van der Waals surface area contributed by atoms with Gasteiger partial charge in [-0.3, -0.25) is 9.69 Å². The van der Waals surface area contributed by atoms with Gasteiger partial charge in [-0.2, -0.15) is 0 Å². The Bertz CT molecular complexity index is 197. The average Bonchev–Trinajstić information content (AvgIpc) is 2.16. The maximum absolute atomic E-state index is 11.2. The minimum absolute atomic E-state index is 0.0726. The molecule has 1 unspecified atom stereocenters. The van der Waals surface area contributed by atoms with Crippen LogP contribution in [0.15, 0.2) is 0 Å². The standard InChI is InChI=1S/C11H22N2O/c1-9(10(2)14)13(4)11-5-7-12(3)8-6-11/h9,11H,5-8H2,1-4H3. The highest BCUT2D eigenvalue weighted by molar-refractivity contribution is 5.80. The van der Waals surface area contributed by atoms with Gasteiger partial charge in [0.1, 0.15) is 5.78 Å². The van der Waals surface area contributed by atoms with Gasteiger partial charge in [-0.1, -0.05) is 0 Å². The summed E-state index contributed by atoms with van der Waals surface area (Å²) in [7, 11) is 4.23. The molecule has 0 bridgehead atoms. The van der Waals surface area contributed by atoms with Gasteiger partial charge in [-0.25, -0.2) is 0 Å². The van der Waals surface area contributed by atoms with Gasteiger partial charge in [0.05, 0.1) is 6.04 Å². The van der Waals surface area contributed by atoms with Crippen molar-refractivity contribution < 1.29 is 4.79 Å². The summed E-state index contributed by atoms with van der Waals surface area (Å²) < 4.78 is 0.